The number of hydrogen-bond donors (Lipinski definition) is 1. The molecule has 2 amide bonds. The number of fused-ring (bicyclic) bond motifs is 4. The average Bonchev–Trinajstić information content (AvgIpc) is 2.36. The van der Waals surface area contributed by atoms with E-state index in [4.69, 9.17) is 11.2 Å². The lowest BCUT2D eigenvalue weighted by Crippen LogP contribution is -2.64. The quantitative estimate of drug-likeness (QED) is 0.785. The van der Waals surface area contributed by atoms with Gasteiger partial charge in [-0.15, -0.1) is 6.42 Å². The van der Waals surface area contributed by atoms with Gasteiger partial charge in [-0.05, 0) is 13.0 Å². The number of urea groups is 1. The van der Waals surface area contributed by atoms with Crippen molar-refractivity contribution in [1.29, 1.82) is 0 Å². The van der Waals surface area contributed by atoms with Gasteiger partial charge in [-0.25, -0.2) is 9.18 Å². The first-order chi connectivity index (χ1) is 9.05. The second-order valence-corrected chi connectivity index (χ2v) is 4.93. The zero-order valence-electron chi connectivity index (χ0n) is 10.4. The van der Waals surface area contributed by atoms with Gasteiger partial charge in [0.2, 0.25) is 0 Å². The SMILES string of the molecule is C#CCN1C(=O)NC2CC1(C)Oc1c(F)cccc12. The van der Waals surface area contributed by atoms with Crippen molar-refractivity contribution in [3.8, 4) is 18.1 Å². The number of carbonyl (C=O) groups excluding carboxylic acids is 1. The Bertz CT molecular complexity index is 596. The van der Waals surface area contributed by atoms with Crippen molar-refractivity contribution < 1.29 is 13.9 Å². The summed E-state index contributed by atoms with van der Waals surface area (Å²) in [4.78, 5) is 13.5. The minimum absolute atomic E-state index is 0.124. The smallest absolute Gasteiger partial charge is 0.321 e. The van der Waals surface area contributed by atoms with Crippen LogP contribution in [0.15, 0.2) is 18.2 Å². The standard InChI is InChI=1S/C14H13FN2O2/c1-3-7-17-13(18)16-11-8-14(17,2)19-12-9(11)5-4-6-10(12)15/h1,4-6,11H,7-8H2,2H3,(H,16,18). The lowest BCUT2D eigenvalue weighted by molar-refractivity contribution is -0.0803. The van der Waals surface area contributed by atoms with Crippen molar-refractivity contribution in [2.24, 2.45) is 0 Å². The van der Waals surface area contributed by atoms with Crippen LogP contribution in [0.25, 0.3) is 0 Å². The van der Waals surface area contributed by atoms with E-state index in [0.29, 0.717) is 12.0 Å². The summed E-state index contributed by atoms with van der Waals surface area (Å²) in [7, 11) is 0. The third-order valence-electron chi connectivity index (χ3n) is 3.64. The molecule has 2 aliphatic heterocycles. The van der Waals surface area contributed by atoms with Gasteiger partial charge in [0, 0.05) is 12.0 Å². The van der Waals surface area contributed by atoms with Crippen molar-refractivity contribution >= 4 is 6.03 Å². The van der Waals surface area contributed by atoms with Crippen LogP contribution in [0.4, 0.5) is 9.18 Å². The van der Waals surface area contributed by atoms with Crippen LogP contribution in [0.2, 0.25) is 0 Å². The number of carbonyl (C=O) groups is 1. The van der Waals surface area contributed by atoms with E-state index in [1.54, 1.807) is 19.1 Å². The van der Waals surface area contributed by atoms with Gasteiger partial charge in [0.25, 0.3) is 0 Å². The number of terminal acetylenes is 1. The maximum Gasteiger partial charge on any atom is 0.321 e. The molecule has 1 N–H and O–H groups in total. The highest BCUT2D eigenvalue weighted by Gasteiger charge is 2.49. The average molecular weight is 260 g/mol. The van der Waals surface area contributed by atoms with Gasteiger partial charge in [-0.1, -0.05) is 18.1 Å². The Labute approximate surface area is 110 Å². The molecule has 0 spiro atoms. The van der Waals surface area contributed by atoms with Crippen molar-refractivity contribution in [1.82, 2.24) is 10.2 Å². The fourth-order valence-electron chi connectivity index (χ4n) is 2.72. The van der Waals surface area contributed by atoms with E-state index >= 15 is 0 Å². The Kier molecular flexibility index (Phi) is 2.42. The molecule has 4 nitrogen and oxygen atoms in total. The second kappa shape index (κ2) is 3.89. The van der Waals surface area contributed by atoms with Crippen LogP contribution in [0.5, 0.6) is 5.75 Å². The largest absolute Gasteiger partial charge is 0.465 e. The minimum Gasteiger partial charge on any atom is -0.465 e. The van der Waals surface area contributed by atoms with Crippen LogP contribution < -0.4 is 10.1 Å². The van der Waals surface area contributed by atoms with E-state index in [0.717, 1.165) is 0 Å². The van der Waals surface area contributed by atoms with Crippen LogP contribution in [-0.2, 0) is 0 Å². The maximum absolute atomic E-state index is 13.9. The molecule has 19 heavy (non-hydrogen) atoms. The Morgan fingerprint density at radius 3 is 3.21 bits per heavy atom. The number of benzene rings is 1. The number of nitrogens with zero attached hydrogens (tertiary/aromatic N) is 1. The van der Waals surface area contributed by atoms with E-state index in [-0.39, 0.29) is 24.4 Å². The van der Waals surface area contributed by atoms with Crippen LogP contribution in [0, 0.1) is 18.2 Å². The topological polar surface area (TPSA) is 41.6 Å². The van der Waals surface area contributed by atoms with Crippen molar-refractivity contribution in [2.45, 2.75) is 25.1 Å². The summed E-state index contributed by atoms with van der Waals surface area (Å²) in [6.45, 7) is 1.88. The van der Waals surface area contributed by atoms with Gasteiger partial charge in [0.15, 0.2) is 17.3 Å². The first-order valence-electron chi connectivity index (χ1n) is 6.04. The number of halogens is 1. The van der Waals surface area contributed by atoms with E-state index in [1.165, 1.54) is 11.0 Å². The van der Waals surface area contributed by atoms with Crippen LogP contribution >= 0.6 is 0 Å². The summed E-state index contributed by atoms with van der Waals surface area (Å²) in [5.74, 6) is 2.20. The van der Waals surface area contributed by atoms with Crippen molar-refractivity contribution in [3.05, 3.63) is 29.6 Å². The molecule has 0 aromatic heterocycles. The summed E-state index contributed by atoms with van der Waals surface area (Å²) < 4.78 is 19.6. The van der Waals surface area contributed by atoms with Crippen LogP contribution in [-0.4, -0.2) is 23.2 Å². The summed E-state index contributed by atoms with van der Waals surface area (Å²) >= 11 is 0. The lowest BCUT2D eigenvalue weighted by Gasteiger charge is -2.50. The third kappa shape index (κ3) is 1.64. The molecule has 2 heterocycles. The number of para-hydroxylation sites is 1. The summed E-state index contributed by atoms with van der Waals surface area (Å²) in [6.07, 6.45) is 5.81. The number of hydrogen-bond acceptors (Lipinski definition) is 2. The molecule has 0 aliphatic carbocycles. The molecule has 98 valence electrons. The predicted octanol–water partition coefficient (Wildman–Crippen LogP) is 2.02. The number of amides is 2. The highest BCUT2D eigenvalue weighted by atomic mass is 19.1. The lowest BCUT2D eigenvalue weighted by atomic mass is 9.90. The first-order valence-corrected chi connectivity index (χ1v) is 6.04. The van der Waals surface area contributed by atoms with Crippen molar-refractivity contribution in [3.63, 3.8) is 0 Å². The molecule has 1 fully saturated rings. The van der Waals surface area contributed by atoms with Gasteiger partial charge in [-0.3, -0.25) is 4.90 Å². The molecule has 1 aromatic carbocycles. The monoisotopic (exact) mass is 260 g/mol. The zero-order valence-corrected chi connectivity index (χ0v) is 10.4. The molecule has 2 aliphatic rings. The fraction of sp³-hybridized carbons (Fsp3) is 0.357. The summed E-state index contributed by atoms with van der Waals surface area (Å²) in [6, 6.07) is 4.19. The van der Waals surface area contributed by atoms with Crippen LogP contribution in [0.3, 0.4) is 0 Å². The number of nitrogens with one attached hydrogen (secondary N) is 1. The summed E-state index contributed by atoms with van der Waals surface area (Å²) in [5, 5.41) is 2.84. The Morgan fingerprint density at radius 2 is 2.47 bits per heavy atom. The van der Waals surface area contributed by atoms with Crippen LogP contribution in [0.1, 0.15) is 24.9 Å². The van der Waals surface area contributed by atoms with E-state index in [9.17, 15) is 9.18 Å². The van der Waals surface area contributed by atoms with Gasteiger partial charge in [0.1, 0.15) is 0 Å². The molecule has 5 heteroatoms. The fourth-order valence-corrected chi connectivity index (χ4v) is 2.72. The second-order valence-electron chi connectivity index (χ2n) is 4.93. The Hall–Kier alpha value is -2.22. The first kappa shape index (κ1) is 11.8. The number of ether oxygens (including phenoxy) is 1. The Balaban J connectivity index is 2.09. The van der Waals surface area contributed by atoms with Gasteiger partial charge >= 0.3 is 6.03 Å². The number of rotatable bonds is 1. The molecule has 3 rings (SSSR count). The molecule has 1 aromatic rings. The van der Waals surface area contributed by atoms with E-state index < -0.39 is 11.5 Å². The molecule has 0 radical (unpaired) electrons. The maximum atomic E-state index is 13.9. The zero-order chi connectivity index (χ0) is 13.6. The van der Waals surface area contributed by atoms with Gasteiger partial charge in [-0.2, -0.15) is 0 Å². The van der Waals surface area contributed by atoms with Gasteiger partial charge < -0.3 is 10.1 Å². The molecular weight excluding hydrogens is 247 g/mol. The molecule has 1 saturated heterocycles. The normalized spacial score (nSPS) is 27.9. The minimum atomic E-state index is -0.908. The highest BCUT2D eigenvalue weighted by molar-refractivity contribution is 5.77. The third-order valence-corrected chi connectivity index (χ3v) is 3.64. The molecule has 2 atom stereocenters. The molecular formula is C14H13FN2O2. The van der Waals surface area contributed by atoms with E-state index in [1.807, 2.05) is 0 Å². The highest BCUT2D eigenvalue weighted by Crippen LogP contribution is 2.44. The molecule has 0 saturated carbocycles. The predicted molar refractivity (Wildman–Crippen MR) is 66.9 cm³/mol. The molecule has 2 unspecified atom stereocenters. The summed E-state index contributed by atoms with van der Waals surface area (Å²) in [5.41, 5.74) is -0.236. The Morgan fingerprint density at radius 1 is 1.68 bits per heavy atom. The van der Waals surface area contributed by atoms with Gasteiger partial charge in [0.05, 0.1) is 12.6 Å². The molecule has 2 bridgehead atoms. The van der Waals surface area contributed by atoms with Crippen molar-refractivity contribution in [2.75, 3.05) is 6.54 Å². The van der Waals surface area contributed by atoms with E-state index in [2.05, 4.69) is 11.2 Å².